The van der Waals surface area contributed by atoms with Crippen molar-refractivity contribution in [2.24, 2.45) is 0 Å². The predicted octanol–water partition coefficient (Wildman–Crippen LogP) is 3.71. The standard InChI is InChI=1S/C20H24N4O3S/c1-4-24-19(17-7-6-12-27-17)21-22-20(24)28-14-18(25)23(3)13-15-8-10-16(11-9-15)26-5-2/h6-12H,4-5,13-14H2,1-3H3. The molecule has 0 saturated carbocycles. The molecule has 2 heterocycles. The Balaban J connectivity index is 1.57. The summed E-state index contributed by atoms with van der Waals surface area (Å²) in [6, 6.07) is 11.5. The van der Waals surface area contributed by atoms with Crippen molar-refractivity contribution in [3.63, 3.8) is 0 Å². The van der Waals surface area contributed by atoms with Gasteiger partial charge in [0, 0.05) is 20.1 Å². The first kappa shape index (κ1) is 20.0. The van der Waals surface area contributed by atoms with Gasteiger partial charge in [0.2, 0.25) is 5.91 Å². The number of rotatable bonds is 9. The molecule has 1 aromatic carbocycles. The van der Waals surface area contributed by atoms with Crippen molar-refractivity contribution in [2.45, 2.75) is 32.1 Å². The minimum absolute atomic E-state index is 0.0316. The number of aromatic nitrogens is 3. The van der Waals surface area contributed by atoms with Gasteiger partial charge in [-0.3, -0.25) is 9.36 Å². The number of thioether (sulfide) groups is 1. The van der Waals surface area contributed by atoms with Crippen molar-refractivity contribution >= 4 is 17.7 Å². The summed E-state index contributed by atoms with van der Waals surface area (Å²) in [5.41, 5.74) is 1.06. The fourth-order valence-corrected chi connectivity index (χ4v) is 3.67. The molecule has 0 fully saturated rings. The molecule has 0 unspecified atom stereocenters. The molecule has 0 N–H and O–H groups in total. The number of ether oxygens (including phenoxy) is 1. The number of nitrogens with zero attached hydrogens (tertiary/aromatic N) is 4. The van der Waals surface area contributed by atoms with Gasteiger partial charge in [-0.2, -0.15) is 0 Å². The molecule has 0 aliphatic heterocycles. The summed E-state index contributed by atoms with van der Waals surface area (Å²) in [5, 5.41) is 9.13. The molecule has 3 rings (SSSR count). The summed E-state index contributed by atoms with van der Waals surface area (Å²) < 4.78 is 12.8. The number of furan rings is 1. The van der Waals surface area contributed by atoms with Gasteiger partial charge in [-0.25, -0.2) is 0 Å². The van der Waals surface area contributed by atoms with Crippen LogP contribution >= 0.6 is 11.8 Å². The van der Waals surface area contributed by atoms with Gasteiger partial charge in [0.1, 0.15) is 5.75 Å². The zero-order valence-electron chi connectivity index (χ0n) is 16.3. The highest BCUT2D eigenvalue weighted by molar-refractivity contribution is 7.99. The van der Waals surface area contributed by atoms with Crippen LogP contribution in [0.4, 0.5) is 0 Å². The van der Waals surface area contributed by atoms with Crippen LogP contribution in [0.5, 0.6) is 5.75 Å². The lowest BCUT2D eigenvalue weighted by molar-refractivity contribution is -0.127. The molecule has 0 saturated heterocycles. The topological polar surface area (TPSA) is 73.4 Å². The fraction of sp³-hybridized carbons (Fsp3) is 0.350. The van der Waals surface area contributed by atoms with Crippen molar-refractivity contribution in [3.05, 3.63) is 48.2 Å². The molecule has 0 atom stereocenters. The Labute approximate surface area is 168 Å². The summed E-state index contributed by atoms with van der Waals surface area (Å²) in [7, 11) is 1.80. The normalized spacial score (nSPS) is 10.8. The van der Waals surface area contributed by atoms with Crippen LogP contribution in [-0.2, 0) is 17.9 Å². The van der Waals surface area contributed by atoms with Crippen LogP contribution < -0.4 is 4.74 Å². The molecule has 28 heavy (non-hydrogen) atoms. The van der Waals surface area contributed by atoms with E-state index in [4.69, 9.17) is 9.15 Å². The number of carbonyl (C=O) groups excluding carboxylic acids is 1. The second kappa shape index (κ2) is 9.45. The number of hydrogen-bond acceptors (Lipinski definition) is 6. The number of hydrogen-bond donors (Lipinski definition) is 0. The molecular formula is C20H24N4O3S. The number of amides is 1. The third kappa shape index (κ3) is 4.75. The van der Waals surface area contributed by atoms with E-state index in [2.05, 4.69) is 10.2 Å². The van der Waals surface area contributed by atoms with Gasteiger partial charge in [0.15, 0.2) is 16.7 Å². The van der Waals surface area contributed by atoms with Gasteiger partial charge in [-0.1, -0.05) is 23.9 Å². The highest BCUT2D eigenvalue weighted by atomic mass is 32.2. The van der Waals surface area contributed by atoms with E-state index in [1.165, 1.54) is 11.8 Å². The average molecular weight is 401 g/mol. The molecule has 0 aliphatic rings. The third-order valence-electron chi connectivity index (χ3n) is 4.18. The maximum absolute atomic E-state index is 12.5. The van der Waals surface area contributed by atoms with E-state index in [0.717, 1.165) is 11.3 Å². The second-order valence-electron chi connectivity index (χ2n) is 6.14. The molecular weight excluding hydrogens is 376 g/mol. The van der Waals surface area contributed by atoms with Crippen LogP contribution in [0.15, 0.2) is 52.2 Å². The van der Waals surface area contributed by atoms with E-state index >= 15 is 0 Å². The van der Waals surface area contributed by atoms with Crippen LogP contribution in [0.3, 0.4) is 0 Å². The maximum atomic E-state index is 12.5. The third-order valence-corrected chi connectivity index (χ3v) is 5.13. The van der Waals surface area contributed by atoms with Crippen molar-refractivity contribution < 1.29 is 13.9 Å². The first-order valence-corrected chi connectivity index (χ1v) is 10.2. The Kier molecular flexibility index (Phi) is 6.76. The lowest BCUT2D eigenvalue weighted by atomic mass is 10.2. The van der Waals surface area contributed by atoms with Crippen molar-refractivity contribution in [1.82, 2.24) is 19.7 Å². The minimum Gasteiger partial charge on any atom is -0.494 e. The molecule has 1 amide bonds. The smallest absolute Gasteiger partial charge is 0.233 e. The summed E-state index contributed by atoms with van der Waals surface area (Å²) in [5.74, 6) is 2.50. The molecule has 148 valence electrons. The zero-order valence-corrected chi connectivity index (χ0v) is 17.1. The number of benzene rings is 1. The van der Waals surface area contributed by atoms with E-state index in [9.17, 15) is 4.79 Å². The molecule has 2 aromatic heterocycles. The average Bonchev–Trinajstić information content (AvgIpc) is 3.36. The maximum Gasteiger partial charge on any atom is 0.233 e. The second-order valence-corrected chi connectivity index (χ2v) is 7.09. The van der Waals surface area contributed by atoms with Crippen LogP contribution in [0.25, 0.3) is 11.6 Å². The van der Waals surface area contributed by atoms with E-state index in [0.29, 0.717) is 42.2 Å². The fourth-order valence-electron chi connectivity index (χ4n) is 2.72. The van der Waals surface area contributed by atoms with Crippen molar-refractivity contribution in [2.75, 3.05) is 19.4 Å². The molecule has 3 aromatic rings. The molecule has 0 radical (unpaired) electrons. The highest BCUT2D eigenvalue weighted by Crippen LogP contribution is 2.24. The molecule has 0 aliphatic carbocycles. The van der Waals surface area contributed by atoms with Gasteiger partial charge in [0.05, 0.1) is 18.6 Å². The first-order valence-electron chi connectivity index (χ1n) is 9.18. The van der Waals surface area contributed by atoms with E-state index in [-0.39, 0.29) is 5.91 Å². The quantitative estimate of drug-likeness (QED) is 0.510. The van der Waals surface area contributed by atoms with Crippen molar-refractivity contribution in [1.29, 1.82) is 0 Å². The summed E-state index contributed by atoms with van der Waals surface area (Å²) in [6.45, 7) is 5.85. The Bertz CT molecular complexity index is 891. The SMILES string of the molecule is CCOc1ccc(CN(C)C(=O)CSc2nnc(-c3ccco3)n2CC)cc1. The van der Waals surface area contributed by atoms with Gasteiger partial charge < -0.3 is 14.1 Å². The van der Waals surface area contributed by atoms with Crippen LogP contribution in [-0.4, -0.2) is 45.0 Å². The van der Waals surface area contributed by atoms with E-state index in [1.807, 2.05) is 54.8 Å². The number of carbonyl (C=O) groups is 1. The largest absolute Gasteiger partial charge is 0.494 e. The minimum atomic E-state index is 0.0316. The monoisotopic (exact) mass is 400 g/mol. The molecule has 0 spiro atoms. The molecule has 8 heteroatoms. The van der Waals surface area contributed by atoms with Crippen LogP contribution in [0.1, 0.15) is 19.4 Å². The van der Waals surface area contributed by atoms with Gasteiger partial charge >= 0.3 is 0 Å². The first-order chi connectivity index (χ1) is 13.6. The summed E-state index contributed by atoms with van der Waals surface area (Å²) in [4.78, 5) is 14.2. The lowest BCUT2D eigenvalue weighted by Crippen LogP contribution is -2.27. The van der Waals surface area contributed by atoms with Gasteiger partial charge in [0.25, 0.3) is 0 Å². The van der Waals surface area contributed by atoms with E-state index < -0.39 is 0 Å². The Morgan fingerprint density at radius 1 is 1.21 bits per heavy atom. The van der Waals surface area contributed by atoms with Crippen LogP contribution in [0.2, 0.25) is 0 Å². The molecule has 0 bridgehead atoms. The Morgan fingerprint density at radius 3 is 2.64 bits per heavy atom. The Hall–Kier alpha value is -2.74. The summed E-state index contributed by atoms with van der Waals surface area (Å²) in [6.07, 6.45) is 1.61. The van der Waals surface area contributed by atoms with Crippen molar-refractivity contribution in [3.8, 4) is 17.3 Å². The highest BCUT2D eigenvalue weighted by Gasteiger charge is 2.17. The van der Waals surface area contributed by atoms with Crippen LogP contribution in [0, 0.1) is 0 Å². The van der Waals surface area contributed by atoms with Gasteiger partial charge in [-0.05, 0) is 43.7 Å². The summed E-state index contributed by atoms with van der Waals surface area (Å²) >= 11 is 1.38. The zero-order chi connectivity index (χ0) is 19.9. The lowest BCUT2D eigenvalue weighted by Gasteiger charge is -2.17. The predicted molar refractivity (Wildman–Crippen MR) is 108 cm³/mol. The van der Waals surface area contributed by atoms with E-state index in [1.54, 1.807) is 18.2 Å². The Morgan fingerprint density at radius 2 is 2.00 bits per heavy atom. The van der Waals surface area contributed by atoms with Gasteiger partial charge in [-0.15, -0.1) is 10.2 Å². The molecule has 7 nitrogen and oxygen atoms in total.